The van der Waals surface area contributed by atoms with Gasteiger partial charge in [-0.3, -0.25) is 4.79 Å². The molecule has 3 heteroatoms. The van der Waals surface area contributed by atoms with Crippen LogP contribution < -0.4 is 0 Å². The van der Waals surface area contributed by atoms with Gasteiger partial charge in [-0.1, -0.05) is 13.8 Å². The molecule has 17 heavy (non-hydrogen) atoms. The predicted molar refractivity (Wildman–Crippen MR) is 69.7 cm³/mol. The summed E-state index contributed by atoms with van der Waals surface area (Å²) >= 11 is 0. The van der Waals surface area contributed by atoms with Gasteiger partial charge in [0.25, 0.3) is 0 Å². The van der Waals surface area contributed by atoms with Crippen molar-refractivity contribution in [2.45, 2.75) is 71.4 Å². The van der Waals surface area contributed by atoms with Crippen molar-refractivity contribution in [3.8, 4) is 0 Å². The van der Waals surface area contributed by atoms with Crippen LogP contribution in [-0.2, 0) is 4.79 Å². The number of hydrogen-bond acceptors (Lipinski definition) is 2. The van der Waals surface area contributed by atoms with Crippen LogP contribution in [0.2, 0.25) is 0 Å². The van der Waals surface area contributed by atoms with Gasteiger partial charge in [0.15, 0.2) is 0 Å². The summed E-state index contributed by atoms with van der Waals surface area (Å²) in [6.45, 7) is 6.34. The molecule has 0 bridgehead atoms. The van der Waals surface area contributed by atoms with Crippen LogP contribution in [0.25, 0.3) is 0 Å². The zero-order valence-electron chi connectivity index (χ0n) is 11.7. The molecule has 1 atom stereocenters. The maximum Gasteiger partial charge on any atom is 0.222 e. The summed E-state index contributed by atoms with van der Waals surface area (Å²) in [6.07, 6.45) is 5.29. The Morgan fingerprint density at radius 2 is 1.94 bits per heavy atom. The van der Waals surface area contributed by atoms with Gasteiger partial charge in [0, 0.05) is 19.5 Å². The highest BCUT2D eigenvalue weighted by molar-refractivity contribution is 5.76. The Kier molecular flexibility index (Phi) is 4.99. The highest BCUT2D eigenvalue weighted by Gasteiger charge is 2.30. The van der Waals surface area contributed by atoms with Crippen LogP contribution in [0.1, 0.15) is 59.3 Å². The fourth-order valence-electron chi connectivity index (χ4n) is 2.48. The van der Waals surface area contributed by atoms with Crippen LogP contribution in [0, 0.1) is 5.41 Å². The second-order valence-electron chi connectivity index (χ2n) is 6.29. The molecule has 0 aromatic heterocycles. The molecule has 1 N–H and O–H groups in total. The summed E-state index contributed by atoms with van der Waals surface area (Å²) in [5, 5.41) is 9.19. The minimum absolute atomic E-state index is 0.176. The zero-order valence-corrected chi connectivity index (χ0v) is 11.7. The third kappa shape index (κ3) is 4.66. The molecule has 1 amide bonds. The van der Waals surface area contributed by atoms with E-state index in [-0.39, 0.29) is 12.0 Å². The first-order chi connectivity index (χ1) is 7.82. The smallest absolute Gasteiger partial charge is 0.222 e. The second-order valence-corrected chi connectivity index (χ2v) is 6.29. The van der Waals surface area contributed by atoms with E-state index in [4.69, 9.17) is 0 Å². The fraction of sp³-hybridized carbons (Fsp3) is 0.929. The molecule has 1 fully saturated rings. The van der Waals surface area contributed by atoms with Gasteiger partial charge in [-0.25, -0.2) is 0 Å². The lowest BCUT2D eigenvalue weighted by Gasteiger charge is -2.38. The van der Waals surface area contributed by atoms with Gasteiger partial charge >= 0.3 is 0 Å². The maximum absolute atomic E-state index is 11.9. The van der Waals surface area contributed by atoms with Gasteiger partial charge in [0.1, 0.15) is 0 Å². The van der Waals surface area contributed by atoms with E-state index < -0.39 is 0 Å². The van der Waals surface area contributed by atoms with E-state index in [1.165, 1.54) is 12.8 Å². The van der Waals surface area contributed by atoms with Crippen molar-refractivity contribution >= 4 is 5.91 Å². The summed E-state index contributed by atoms with van der Waals surface area (Å²) in [5.74, 6) is 0.176. The highest BCUT2D eigenvalue weighted by atomic mass is 16.3. The number of rotatable bonds is 4. The zero-order chi connectivity index (χ0) is 13.1. The monoisotopic (exact) mass is 241 g/mol. The number of amides is 1. The SMILES string of the molecule is CC(O)CCC(=O)N(C)C1CCC(C)(C)CC1. The fourth-order valence-corrected chi connectivity index (χ4v) is 2.48. The van der Waals surface area contributed by atoms with Crippen molar-refractivity contribution in [2.75, 3.05) is 7.05 Å². The van der Waals surface area contributed by atoms with E-state index in [2.05, 4.69) is 13.8 Å². The number of hydrogen-bond donors (Lipinski definition) is 1. The first-order valence-corrected chi connectivity index (χ1v) is 6.75. The molecule has 1 unspecified atom stereocenters. The summed E-state index contributed by atoms with van der Waals surface area (Å²) in [5.41, 5.74) is 0.444. The number of carbonyl (C=O) groups is 1. The van der Waals surface area contributed by atoms with Crippen molar-refractivity contribution in [2.24, 2.45) is 5.41 Å². The Labute approximate surface area is 105 Å². The molecule has 0 spiro atoms. The molecular formula is C14H27NO2. The van der Waals surface area contributed by atoms with E-state index in [0.29, 0.717) is 24.3 Å². The second kappa shape index (κ2) is 5.85. The lowest BCUT2D eigenvalue weighted by Crippen LogP contribution is -2.40. The van der Waals surface area contributed by atoms with Gasteiger partial charge in [0.05, 0.1) is 6.10 Å². The van der Waals surface area contributed by atoms with Crippen LogP contribution in [0.4, 0.5) is 0 Å². The molecule has 0 aromatic rings. The topological polar surface area (TPSA) is 40.5 Å². The number of aliphatic hydroxyl groups excluding tert-OH is 1. The van der Waals surface area contributed by atoms with Crippen molar-refractivity contribution in [3.63, 3.8) is 0 Å². The Morgan fingerprint density at radius 3 is 2.41 bits per heavy atom. The summed E-state index contributed by atoms with van der Waals surface area (Å²) in [4.78, 5) is 13.8. The number of carbonyl (C=O) groups excluding carboxylic acids is 1. The standard InChI is InChI=1S/C14H27NO2/c1-11(16)5-6-13(17)15(4)12-7-9-14(2,3)10-8-12/h11-12,16H,5-10H2,1-4H3. The average molecular weight is 241 g/mol. The molecule has 0 aromatic carbocycles. The summed E-state index contributed by atoms with van der Waals surface area (Å²) < 4.78 is 0. The Balaban J connectivity index is 2.37. The first-order valence-electron chi connectivity index (χ1n) is 6.75. The number of aliphatic hydroxyl groups is 1. The largest absolute Gasteiger partial charge is 0.393 e. The molecule has 0 heterocycles. The van der Waals surface area contributed by atoms with E-state index in [0.717, 1.165) is 12.8 Å². The van der Waals surface area contributed by atoms with Gasteiger partial charge in [-0.2, -0.15) is 0 Å². The van der Waals surface area contributed by atoms with E-state index in [9.17, 15) is 9.90 Å². The normalized spacial score (nSPS) is 22.2. The quantitative estimate of drug-likeness (QED) is 0.822. The van der Waals surface area contributed by atoms with Crippen LogP contribution >= 0.6 is 0 Å². The maximum atomic E-state index is 11.9. The van der Waals surface area contributed by atoms with Gasteiger partial charge in [0.2, 0.25) is 5.91 Å². The Morgan fingerprint density at radius 1 is 1.41 bits per heavy atom. The average Bonchev–Trinajstić information content (AvgIpc) is 2.25. The molecule has 1 rings (SSSR count). The molecule has 1 saturated carbocycles. The summed E-state index contributed by atoms with van der Waals surface area (Å²) in [7, 11) is 1.91. The van der Waals surface area contributed by atoms with Crippen LogP contribution in [0.15, 0.2) is 0 Å². The number of nitrogens with zero attached hydrogens (tertiary/aromatic N) is 1. The molecule has 3 nitrogen and oxygen atoms in total. The molecule has 0 saturated heterocycles. The van der Waals surface area contributed by atoms with E-state index in [1.54, 1.807) is 6.92 Å². The minimum Gasteiger partial charge on any atom is -0.393 e. The van der Waals surface area contributed by atoms with Crippen LogP contribution in [0.3, 0.4) is 0 Å². The molecule has 0 radical (unpaired) electrons. The molecule has 1 aliphatic rings. The molecular weight excluding hydrogens is 214 g/mol. The van der Waals surface area contributed by atoms with Crippen LogP contribution in [0.5, 0.6) is 0 Å². The van der Waals surface area contributed by atoms with Gasteiger partial charge in [-0.15, -0.1) is 0 Å². The third-order valence-electron chi connectivity index (χ3n) is 4.03. The van der Waals surface area contributed by atoms with Crippen LogP contribution in [-0.4, -0.2) is 35.1 Å². The van der Waals surface area contributed by atoms with Crippen molar-refractivity contribution in [1.82, 2.24) is 4.90 Å². The summed E-state index contributed by atoms with van der Waals surface area (Å²) in [6, 6.07) is 0.407. The molecule has 0 aliphatic heterocycles. The lowest BCUT2D eigenvalue weighted by atomic mass is 9.75. The molecule has 1 aliphatic carbocycles. The van der Waals surface area contributed by atoms with Crippen molar-refractivity contribution in [1.29, 1.82) is 0 Å². The first kappa shape index (κ1) is 14.5. The third-order valence-corrected chi connectivity index (χ3v) is 4.03. The predicted octanol–water partition coefficient (Wildman–Crippen LogP) is 2.57. The molecule has 100 valence electrons. The Bertz CT molecular complexity index is 251. The highest BCUT2D eigenvalue weighted by Crippen LogP contribution is 2.36. The lowest BCUT2D eigenvalue weighted by molar-refractivity contribution is -0.133. The van der Waals surface area contributed by atoms with Gasteiger partial charge < -0.3 is 10.0 Å². The van der Waals surface area contributed by atoms with E-state index >= 15 is 0 Å². The van der Waals surface area contributed by atoms with E-state index in [1.807, 2.05) is 11.9 Å². The van der Waals surface area contributed by atoms with Crippen molar-refractivity contribution in [3.05, 3.63) is 0 Å². The minimum atomic E-state index is -0.377. The van der Waals surface area contributed by atoms with Crippen molar-refractivity contribution < 1.29 is 9.90 Å². The van der Waals surface area contributed by atoms with Gasteiger partial charge in [-0.05, 0) is 44.4 Å². The Hall–Kier alpha value is -0.570.